The minimum atomic E-state index is 0.409. The first-order valence-corrected chi connectivity index (χ1v) is 7.44. The predicted molar refractivity (Wildman–Crippen MR) is 88.8 cm³/mol. The van der Waals surface area contributed by atoms with E-state index in [4.69, 9.17) is 12.2 Å². The molecule has 1 unspecified atom stereocenters. The number of nitrogens with one attached hydrogen (secondary N) is 2. The van der Waals surface area contributed by atoms with Crippen LogP contribution in [0.4, 0.5) is 5.69 Å². The van der Waals surface area contributed by atoms with E-state index in [1.165, 1.54) is 17.5 Å². The lowest BCUT2D eigenvalue weighted by molar-refractivity contribution is 0.494. The van der Waals surface area contributed by atoms with E-state index in [2.05, 4.69) is 63.5 Å². The van der Waals surface area contributed by atoms with Crippen LogP contribution in [0.5, 0.6) is 0 Å². The van der Waals surface area contributed by atoms with E-state index in [9.17, 15) is 0 Å². The molecule has 0 aliphatic rings. The van der Waals surface area contributed by atoms with Crippen LogP contribution in [-0.2, 0) is 0 Å². The van der Waals surface area contributed by atoms with Crippen LogP contribution in [0.1, 0.15) is 44.7 Å². The molecule has 106 valence electrons. The fraction of sp³-hybridized carbons (Fsp3) is 0.562. The van der Waals surface area contributed by atoms with E-state index >= 15 is 0 Å². The first kappa shape index (κ1) is 16.0. The average Bonchev–Trinajstić information content (AvgIpc) is 2.31. The molecule has 1 rings (SSSR count). The van der Waals surface area contributed by atoms with Crippen molar-refractivity contribution in [1.82, 2.24) is 5.32 Å². The van der Waals surface area contributed by atoms with Crippen molar-refractivity contribution in [3.63, 3.8) is 0 Å². The van der Waals surface area contributed by atoms with Crippen LogP contribution in [0.15, 0.2) is 18.2 Å². The number of hydrogen-bond acceptors (Lipinski definition) is 1. The highest BCUT2D eigenvalue weighted by Crippen LogP contribution is 2.19. The summed E-state index contributed by atoms with van der Waals surface area (Å²) in [5, 5.41) is 7.39. The molecule has 0 spiro atoms. The van der Waals surface area contributed by atoms with Crippen LogP contribution >= 0.6 is 12.2 Å². The Morgan fingerprint density at radius 3 is 2.21 bits per heavy atom. The monoisotopic (exact) mass is 278 g/mol. The van der Waals surface area contributed by atoms with Gasteiger partial charge in [0, 0.05) is 11.7 Å². The maximum Gasteiger partial charge on any atom is 0.171 e. The molecule has 3 heteroatoms. The van der Waals surface area contributed by atoms with E-state index in [1.807, 2.05) is 0 Å². The first-order chi connectivity index (χ1) is 8.90. The quantitative estimate of drug-likeness (QED) is 0.780. The first-order valence-electron chi connectivity index (χ1n) is 7.04. The third-order valence-electron chi connectivity index (χ3n) is 3.27. The van der Waals surface area contributed by atoms with Gasteiger partial charge in [0.15, 0.2) is 5.11 Å². The fourth-order valence-corrected chi connectivity index (χ4v) is 2.34. The highest BCUT2D eigenvalue weighted by atomic mass is 32.1. The van der Waals surface area contributed by atoms with E-state index in [-0.39, 0.29) is 0 Å². The molecule has 0 amide bonds. The van der Waals surface area contributed by atoms with Gasteiger partial charge in [-0.05, 0) is 62.9 Å². The molecule has 2 nitrogen and oxygen atoms in total. The van der Waals surface area contributed by atoms with Gasteiger partial charge in [0.2, 0.25) is 0 Å². The van der Waals surface area contributed by atoms with Crippen molar-refractivity contribution in [3.8, 4) is 0 Å². The second-order valence-electron chi connectivity index (χ2n) is 5.74. The third-order valence-corrected chi connectivity index (χ3v) is 3.49. The van der Waals surface area contributed by atoms with E-state index in [1.54, 1.807) is 0 Å². The zero-order valence-corrected chi connectivity index (χ0v) is 13.5. The van der Waals surface area contributed by atoms with Crippen LogP contribution in [0, 0.1) is 19.8 Å². The normalized spacial score (nSPS) is 12.3. The maximum atomic E-state index is 5.39. The van der Waals surface area contributed by atoms with Gasteiger partial charge in [-0.1, -0.05) is 32.0 Å². The lowest BCUT2D eigenvalue weighted by Gasteiger charge is -2.19. The maximum absolute atomic E-state index is 5.39. The van der Waals surface area contributed by atoms with E-state index < -0.39 is 0 Å². The fourth-order valence-electron chi connectivity index (χ4n) is 2.04. The van der Waals surface area contributed by atoms with Crippen LogP contribution in [-0.4, -0.2) is 11.2 Å². The Labute approximate surface area is 123 Å². The summed E-state index contributed by atoms with van der Waals surface area (Å²) in [6, 6.07) is 6.67. The lowest BCUT2D eigenvalue weighted by atomic mass is 10.0. The molecule has 0 aliphatic carbocycles. The van der Waals surface area contributed by atoms with Gasteiger partial charge in [-0.3, -0.25) is 0 Å². The largest absolute Gasteiger partial charge is 0.360 e. The predicted octanol–water partition coefficient (Wildman–Crippen LogP) is 4.41. The summed E-state index contributed by atoms with van der Waals surface area (Å²) in [4.78, 5) is 0. The lowest BCUT2D eigenvalue weighted by Crippen LogP contribution is -2.36. The number of hydrogen-bond donors (Lipinski definition) is 2. The average molecular weight is 278 g/mol. The molecule has 1 aromatic rings. The van der Waals surface area contributed by atoms with Crippen molar-refractivity contribution in [2.75, 3.05) is 5.32 Å². The Morgan fingerprint density at radius 1 is 1.11 bits per heavy atom. The van der Waals surface area contributed by atoms with Crippen LogP contribution in [0.2, 0.25) is 0 Å². The minimum Gasteiger partial charge on any atom is -0.360 e. The van der Waals surface area contributed by atoms with E-state index in [0.717, 1.165) is 18.0 Å². The van der Waals surface area contributed by atoms with Gasteiger partial charge in [0.05, 0.1) is 0 Å². The van der Waals surface area contributed by atoms with Gasteiger partial charge >= 0.3 is 0 Å². The van der Waals surface area contributed by atoms with Crippen molar-refractivity contribution in [2.24, 2.45) is 5.92 Å². The summed E-state index contributed by atoms with van der Waals surface area (Å²) in [5.74, 6) is 0.740. The molecule has 0 aromatic heterocycles. The van der Waals surface area contributed by atoms with Gasteiger partial charge in [-0.15, -0.1) is 0 Å². The number of aryl methyl sites for hydroxylation is 2. The molecule has 0 heterocycles. The van der Waals surface area contributed by atoms with Crippen LogP contribution in [0.3, 0.4) is 0 Å². The number of benzene rings is 1. The van der Waals surface area contributed by atoms with Gasteiger partial charge < -0.3 is 10.6 Å². The summed E-state index contributed by atoms with van der Waals surface area (Å²) in [6.07, 6.45) is 2.37. The minimum absolute atomic E-state index is 0.409. The van der Waals surface area contributed by atoms with Crippen molar-refractivity contribution in [1.29, 1.82) is 0 Å². The van der Waals surface area contributed by atoms with Crippen molar-refractivity contribution < 1.29 is 0 Å². The highest BCUT2D eigenvalue weighted by molar-refractivity contribution is 7.80. The topological polar surface area (TPSA) is 24.1 Å². The van der Waals surface area contributed by atoms with Crippen molar-refractivity contribution in [3.05, 3.63) is 29.3 Å². The molecule has 0 bridgehead atoms. The third kappa shape index (κ3) is 5.60. The molecule has 19 heavy (non-hydrogen) atoms. The van der Waals surface area contributed by atoms with Gasteiger partial charge in [0.25, 0.3) is 0 Å². The Bertz CT molecular complexity index is 407. The second-order valence-corrected chi connectivity index (χ2v) is 6.15. The number of anilines is 1. The molecular weight excluding hydrogens is 252 g/mol. The summed E-state index contributed by atoms with van der Waals surface area (Å²) in [5.41, 5.74) is 3.56. The molecule has 1 atom stereocenters. The smallest absolute Gasteiger partial charge is 0.171 e. The molecule has 1 aromatic carbocycles. The molecule has 0 saturated carbocycles. The van der Waals surface area contributed by atoms with Gasteiger partial charge in [0.1, 0.15) is 0 Å². The SMILES string of the molecule is Cc1cccc(C)c1NC(=S)NC(C)CCC(C)C. The van der Waals surface area contributed by atoms with Crippen molar-refractivity contribution >= 4 is 23.0 Å². The van der Waals surface area contributed by atoms with Crippen LogP contribution in [0.25, 0.3) is 0 Å². The second kappa shape index (κ2) is 7.49. The number of rotatable bonds is 5. The van der Waals surface area contributed by atoms with E-state index in [0.29, 0.717) is 11.2 Å². The van der Waals surface area contributed by atoms with Crippen LogP contribution < -0.4 is 10.6 Å². The molecule has 0 radical (unpaired) electrons. The Balaban J connectivity index is 2.51. The molecule has 0 saturated heterocycles. The Hall–Kier alpha value is -1.09. The molecule has 0 aliphatic heterocycles. The standard InChI is InChI=1S/C16H26N2S/c1-11(2)9-10-14(5)17-16(19)18-15-12(3)7-6-8-13(15)4/h6-8,11,14H,9-10H2,1-5H3,(H2,17,18,19). The Morgan fingerprint density at radius 2 is 1.68 bits per heavy atom. The zero-order chi connectivity index (χ0) is 14.4. The van der Waals surface area contributed by atoms with Gasteiger partial charge in [-0.25, -0.2) is 0 Å². The van der Waals surface area contributed by atoms with Gasteiger partial charge in [-0.2, -0.15) is 0 Å². The Kier molecular flexibility index (Phi) is 6.29. The highest BCUT2D eigenvalue weighted by Gasteiger charge is 2.08. The molecular formula is C16H26N2S. The molecule has 0 fully saturated rings. The summed E-state index contributed by atoms with van der Waals surface area (Å²) in [7, 11) is 0. The number of thiocarbonyl (C=S) groups is 1. The summed E-state index contributed by atoms with van der Waals surface area (Å²) < 4.78 is 0. The number of para-hydroxylation sites is 1. The summed E-state index contributed by atoms with van der Waals surface area (Å²) >= 11 is 5.39. The zero-order valence-electron chi connectivity index (χ0n) is 12.7. The molecule has 2 N–H and O–H groups in total. The summed E-state index contributed by atoms with van der Waals surface area (Å²) in [6.45, 7) is 10.9. The van der Waals surface area contributed by atoms with Crippen molar-refractivity contribution in [2.45, 2.75) is 53.5 Å².